The summed E-state index contributed by atoms with van der Waals surface area (Å²) in [6.45, 7) is 1.55. The predicted octanol–water partition coefficient (Wildman–Crippen LogP) is 4.43. The maximum Gasteiger partial charge on any atom is 0.257 e. The number of halogens is 1. The lowest BCUT2D eigenvalue weighted by Crippen LogP contribution is -2.54. The number of hydrogen-bond acceptors (Lipinski definition) is 5. The van der Waals surface area contributed by atoms with E-state index in [2.05, 4.69) is 17.4 Å². The molecule has 9 heteroatoms. The molecule has 3 atom stereocenters. The van der Waals surface area contributed by atoms with Crippen molar-refractivity contribution < 1.29 is 28.2 Å². The zero-order chi connectivity index (χ0) is 28.5. The van der Waals surface area contributed by atoms with Crippen molar-refractivity contribution in [3.63, 3.8) is 0 Å². The Bertz CT molecular complexity index is 1490. The first-order chi connectivity index (χ1) is 19.9. The Labute approximate surface area is 238 Å². The van der Waals surface area contributed by atoms with Crippen LogP contribution in [0.15, 0.2) is 66.7 Å². The quantitative estimate of drug-likeness (QED) is 0.513. The van der Waals surface area contributed by atoms with Crippen LogP contribution in [0.25, 0.3) is 0 Å². The van der Waals surface area contributed by atoms with Crippen LogP contribution in [0.5, 0.6) is 5.75 Å². The highest BCUT2D eigenvalue weighted by molar-refractivity contribution is 6.05. The number of amides is 3. The van der Waals surface area contributed by atoms with E-state index in [4.69, 9.17) is 9.47 Å². The van der Waals surface area contributed by atoms with Crippen molar-refractivity contribution in [3.05, 3.63) is 94.8 Å². The number of rotatable bonds is 4. The van der Waals surface area contributed by atoms with Gasteiger partial charge in [-0.05, 0) is 66.8 Å². The monoisotopic (exact) mass is 557 g/mol. The van der Waals surface area contributed by atoms with E-state index >= 15 is 0 Å². The summed E-state index contributed by atoms with van der Waals surface area (Å²) in [5, 5.41) is 2.73. The number of carbonyl (C=O) groups excluding carboxylic acids is 3. The van der Waals surface area contributed by atoms with Crippen LogP contribution in [0.4, 0.5) is 10.1 Å². The first kappa shape index (κ1) is 27.0. The standard InChI is InChI=1S/C32H32FN3O5/c1-35-27-11-10-25(17-30(37)36-14-13-20-5-2-3-6-22(20)18-36)41-29(27)19-40-28-12-9-24(16-26(28)32(35)39)34-31(38)21-7-4-8-23(33)15-21/h2-9,12,15-16,25,27,29H,10-11,13-14,17-19H2,1H3,(H,34,38)/t25-,27+,29-/m0/s1. The molecule has 3 amide bonds. The minimum absolute atomic E-state index is 0.0808. The summed E-state index contributed by atoms with van der Waals surface area (Å²) in [5.74, 6) is -0.766. The summed E-state index contributed by atoms with van der Waals surface area (Å²) in [6.07, 6.45) is 1.88. The SMILES string of the molecule is CN1C(=O)c2cc(NC(=O)c3cccc(F)c3)ccc2OC[C@@H]2O[C@H](CC(=O)N3CCc4ccccc4C3)CC[C@H]21. The number of benzene rings is 3. The van der Waals surface area contributed by atoms with Gasteiger partial charge in [-0.3, -0.25) is 14.4 Å². The maximum absolute atomic E-state index is 13.5. The molecule has 3 aromatic rings. The normalized spacial score (nSPS) is 21.9. The molecule has 0 aliphatic carbocycles. The van der Waals surface area contributed by atoms with Gasteiger partial charge in [-0.15, -0.1) is 0 Å². The third-order valence-electron chi connectivity index (χ3n) is 8.24. The Hall–Kier alpha value is -4.24. The smallest absolute Gasteiger partial charge is 0.257 e. The van der Waals surface area contributed by atoms with E-state index in [-0.39, 0.29) is 42.2 Å². The van der Waals surface area contributed by atoms with Crippen molar-refractivity contribution in [1.29, 1.82) is 0 Å². The summed E-state index contributed by atoms with van der Waals surface area (Å²) < 4.78 is 26.0. The Balaban J connectivity index is 1.11. The fourth-order valence-corrected chi connectivity index (χ4v) is 5.97. The molecule has 3 aliphatic heterocycles. The van der Waals surface area contributed by atoms with Crippen LogP contribution in [0, 0.1) is 5.82 Å². The highest BCUT2D eigenvalue weighted by atomic mass is 19.1. The van der Waals surface area contributed by atoms with Crippen molar-refractivity contribution >= 4 is 23.4 Å². The molecule has 1 fully saturated rings. The number of nitrogens with zero attached hydrogens (tertiary/aromatic N) is 2. The second kappa shape index (κ2) is 11.3. The molecule has 3 aromatic carbocycles. The molecule has 3 heterocycles. The first-order valence-corrected chi connectivity index (χ1v) is 14.0. The number of hydrogen-bond donors (Lipinski definition) is 1. The van der Waals surface area contributed by atoms with Crippen molar-refractivity contribution in [2.75, 3.05) is 25.5 Å². The van der Waals surface area contributed by atoms with E-state index in [9.17, 15) is 18.8 Å². The molecule has 0 radical (unpaired) electrons. The lowest BCUT2D eigenvalue weighted by atomic mass is 9.94. The van der Waals surface area contributed by atoms with Crippen molar-refractivity contribution in [1.82, 2.24) is 9.80 Å². The number of likely N-dealkylation sites (N-methyl/N-ethyl adjacent to an activating group) is 1. The Kier molecular flexibility index (Phi) is 7.45. The zero-order valence-electron chi connectivity index (χ0n) is 22.8. The molecule has 8 nitrogen and oxygen atoms in total. The highest BCUT2D eigenvalue weighted by Gasteiger charge is 2.39. The fourth-order valence-electron chi connectivity index (χ4n) is 5.97. The molecule has 0 aromatic heterocycles. The van der Waals surface area contributed by atoms with Crippen LogP contribution in [-0.2, 0) is 22.5 Å². The molecule has 0 bridgehead atoms. The lowest BCUT2D eigenvalue weighted by molar-refractivity contribution is -0.143. The fraction of sp³-hybridized carbons (Fsp3) is 0.344. The molecule has 0 saturated carbocycles. The van der Waals surface area contributed by atoms with Crippen LogP contribution in [0.1, 0.15) is 51.1 Å². The lowest BCUT2D eigenvalue weighted by Gasteiger charge is -2.42. The molecule has 3 aliphatic rings. The number of carbonyl (C=O) groups is 3. The van der Waals surface area contributed by atoms with Gasteiger partial charge < -0.3 is 24.6 Å². The minimum atomic E-state index is -0.505. The van der Waals surface area contributed by atoms with E-state index < -0.39 is 11.7 Å². The summed E-state index contributed by atoms with van der Waals surface area (Å²) in [4.78, 5) is 42.9. The van der Waals surface area contributed by atoms with Gasteiger partial charge in [0, 0.05) is 31.4 Å². The minimum Gasteiger partial charge on any atom is -0.490 e. The Morgan fingerprint density at radius 1 is 1.02 bits per heavy atom. The predicted molar refractivity (Wildman–Crippen MR) is 150 cm³/mol. The number of ether oxygens (including phenoxy) is 2. The van der Waals surface area contributed by atoms with Gasteiger partial charge in [-0.25, -0.2) is 4.39 Å². The van der Waals surface area contributed by atoms with Gasteiger partial charge in [0.1, 0.15) is 24.3 Å². The van der Waals surface area contributed by atoms with E-state index in [0.29, 0.717) is 49.4 Å². The second-order valence-corrected chi connectivity index (χ2v) is 10.9. The average Bonchev–Trinajstić information content (AvgIpc) is 2.99. The average molecular weight is 558 g/mol. The van der Waals surface area contributed by atoms with Crippen LogP contribution in [0.2, 0.25) is 0 Å². The van der Waals surface area contributed by atoms with Crippen molar-refractivity contribution in [3.8, 4) is 5.75 Å². The molecule has 1 N–H and O–H groups in total. The molecule has 6 rings (SSSR count). The molecule has 41 heavy (non-hydrogen) atoms. The van der Waals surface area contributed by atoms with Gasteiger partial charge >= 0.3 is 0 Å². The van der Waals surface area contributed by atoms with Gasteiger partial charge in [0.05, 0.1) is 24.1 Å². The third kappa shape index (κ3) is 5.67. The number of anilines is 1. The van der Waals surface area contributed by atoms with E-state index in [1.807, 2.05) is 17.0 Å². The van der Waals surface area contributed by atoms with E-state index in [0.717, 1.165) is 12.5 Å². The van der Waals surface area contributed by atoms with Gasteiger partial charge in [-0.2, -0.15) is 0 Å². The van der Waals surface area contributed by atoms with Gasteiger partial charge in [0.25, 0.3) is 11.8 Å². The highest BCUT2D eigenvalue weighted by Crippen LogP contribution is 2.33. The van der Waals surface area contributed by atoms with E-state index in [1.165, 1.54) is 29.3 Å². The molecule has 0 unspecified atom stereocenters. The molecular weight excluding hydrogens is 525 g/mol. The van der Waals surface area contributed by atoms with Gasteiger partial charge in [-0.1, -0.05) is 30.3 Å². The Morgan fingerprint density at radius 3 is 2.68 bits per heavy atom. The second-order valence-electron chi connectivity index (χ2n) is 10.9. The molecule has 1 saturated heterocycles. The summed E-state index contributed by atoms with van der Waals surface area (Å²) in [5.41, 5.74) is 3.40. The summed E-state index contributed by atoms with van der Waals surface area (Å²) >= 11 is 0. The topological polar surface area (TPSA) is 88.2 Å². The molecular formula is C32H32FN3O5. The van der Waals surface area contributed by atoms with Crippen LogP contribution < -0.4 is 10.1 Å². The number of fused-ring (bicyclic) bond motifs is 3. The van der Waals surface area contributed by atoms with Crippen molar-refractivity contribution in [2.24, 2.45) is 0 Å². The third-order valence-corrected chi connectivity index (χ3v) is 8.24. The van der Waals surface area contributed by atoms with Crippen molar-refractivity contribution in [2.45, 2.75) is 50.5 Å². The van der Waals surface area contributed by atoms with Crippen LogP contribution >= 0.6 is 0 Å². The summed E-state index contributed by atoms with van der Waals surface area (Å²) in [7, 11) is 1.74. The van der Waals surface area contributed by atoms with Crippen LogP contribution in [-0.4, -0.2) is 66.0 Å². The first-order valence-electron chi connectivity index (χ1n) is 14.0. The van der Waals surface area contributed by atoms with Gasteiger partial charge in [0.15, 0.2) is 0 Å². The Morgan fingerprint density at radius 2 is 1.85 bits per heavy atom. The summed E-state index contributed by atoms with van der Waals surface area (Å²) in [6, 6.07) is 18.3. The van der Waals surface area contributed by atoms with Crippen LogP contribution in [0.3, 0.4) is 0 Å². The number of nitrogens with one attached hydrogen (secondary N) is 1. The van der Waals surface area contributed by atoms with E-state index in [1.54, 1.807) is 30.1 Å². The largest absolute Gasteiger partial charge is 0.490 e. The molecule has 212 valence electrons. The zero-order valence-corrected chi connectivity index (χ0v) is 22.8. The maximum atomic E-state index is 13.5. The molecule has 0 spiro atoms. The van der Waals surface area contributed by atoms with Gasteiger partial charge in [0.2, 0.25) is 5.91 Å².